The van der Waals surface area contributed by atoms with Crippen LogP contribution in [0.15, 0.2) is 34.9 Å². The zero-order valence-electron chi connectivity index (χ0n) is 11.5. The van der Waals surface area contributed by atoms with Gasteiger partial charge in [0, 0.05) is 25.6 Å². The van der Waals surface area contributed by atoms with Crippen LogP contribution >= 0.6 is 0 Å². The molecule has 0 spiro atoms. The Morgan fingerprint density at radius 2 is 1.95 bits per heavy atom. The van der Waals surface area contributed by atoms with Gasteiger partial charge in [0.2, 0.25) is 5.89 Å². The van der Waals surface area contributed by atoms with Gasteiger partial charge in [-0.3, -0.25) is 0 Å². The van der Waals surface area contributed by atoms with Gasteiger partial charge in [0.1, 0.15) is 0 Å². The number of nitrogens with two attached hydrogens (primary N) is 1. The summed E-state index contributed by atoms with van der Waals surface area (Å²) in [4.78, 5) is 6.62. The summed E-state index contributed by atoms with van der Waals surface area (Å²) in [6, 6.07) is 10.1. The first-order chi connectivity index (χ1) is 9.83. The molecule has 5 heteroatoms. The maximum atomic E-state index is 6.17. The van der Waals surface area contributed by atoms with Crippen LogP contribution in [-0.2, 0) is 6.42 Å². The van der Waals surface area contributed by atoms with Crippen LogP contribution in [0.3, 0.4) is 0 Å². The Balaban J connectivity index is 1.56. The fourth-order valence-corrected chi connectivity index (χ4v) is 2.54. The second-order valence-electron chi connectivity index (χ2n) is 5.24. The topological polar surface area (TPSA) is 68.2 Å². The van der Waals surface area contributed by atoms with E-state index in [9.17, 15) is 0 Å². The third kappa shape index (κ3) is 2.99. The first-order valence-electron chi connectivity index (χ1n) is 7.21. The molecule has 20 heavy (non-hydrogen) atoms. The normalized spacial score (nSPS) is 16.6. The zero-order chi connectivity index (χ0) is 13.8. The summed E-state index contributed by atoms with van der Waals surface area (Å²) in [6.45, 7) is 2.06. The van der Waals surface area contributed by atoms with Gasteiger partial charge in [0.25, 0.3) is 5.95 Å². The minimum absolute atomic E-state index is 0.0123. The van der Waals surface area contributed by atoms with Crippen molar-refractivity contribution in [2.45, 2.75) is 31.7 Å². The summed E-state index contributed by atoms with van der Waals surface area (Å²) in [5.41, 5.74) is 7.32. The fourth-order valence-electron chi connectivity index (χ4n) is 2.54. The fraction of sp³-hybridized carbons (Fsp3) is 0.467. The highest BCUT2D eigenvalue weighted by molar-refractivity contribution is 5.28. The van der Waals surface area contributed by atoms with Crippen molar-refractivity contribution in [3.05, 3.63) is 41.8 Å². The lowest BCUT2D eigenvalue weighted by molar-refractivity contribution is 0.371. The highest BCUT2D eigenvalue weighted by Gasteiger charge is 2.18. The lowest BCUT2D eigenvalue weighted by Gasteiger charge is -2.10. The molecule has 2 N–H and O–H groups in total. The van der Waals surface area contributed by atoms with Crippen molar-refractivity contribution in [2.24, 2.45) is 5.73 Å². The predicted octanol–water partition coefficient (Wildman–Crippen LogP) is 2.30. The van der Waals surface area contributed by atoms with Crippen molar-refractivity contribution < 1.29 is 4.52 Å². The minimum atomic E-state index is 0.0123. The molecule has 2 aromatic rings. The number of aromatic nitrogens is 2. The van der Waals surface area contributed by atoms with Crippen LogP contribution in [0.1, 0.15) is 36.8 Å². The molecule has 1 fully saturated rings. The third-order valence-electron chi connectivity index (χ3n) is 3.74. The summed E-state index contributed by atoms with van der Waals surface area (Å²) < 4.78 is 5.30. The Bertz CT molecular complexity index is 534. The molecule has 0 bridgehead atoms. The smallest absolute Gasteiger partial charge is 0.266 e. The summed E-state index contributed by atoms with van der Waals surface area (Å²) >= 11 is 0. The molecule has 2 heterocycles. The molecule has 1 aromatic carbocycles. The van der Waals surface area contributed by atoms with E-state index in [4.69, 9.17) is 10.3 Å². The Labute approximate surface area is 118 Å². The van der Waals surface area contributed by atoms with Gasteiger partial charge in [-0.2, -0.15) is 4.98 Å². The average molecular weight is 272 g/mol. The first kappa shape index (κ1) is 13.1. The molecular formula is C15H20N4O. The van der Waals surface area contributed by atoms with Gasteiger partial charge in [-0.15, -0.1) is 0 Å². The predicted molar refractivity (Wildman–Crippen MR) is 77.4 cm³/mol. The van der Waals surface area contributed by atoms with E-state index in [1.54, 1.807) is 0 Å². The Hall–Kier alpha value is -1.88. The SMILES string of the molecule is NC(CCc1nc(N2CCCC2)no1)c1ccccc1. The van der Waals surface area contributed by atoms with E-state index in [2.05, 4.69) is 15.0 Å². The van der Waals surface area contributed by atoms with Crippen LogP contribution in [0.5, 0.6) is 0 Å². The highest BCUT2D eigenvalue weighted by Crippen LogP contribution is 2.19. The van der Waals surface area contributed by atoms with Gasteiger partial charge < -0.3 is 15.2 Å². The third-order valence-corrected chi connectivity index (χ3v) is 3.74. The van der Waals surface area contributed by atoms with Crippen LogP contribution in [0.25, 0.3) is 0 Å². The lowest BCUT2D eigenvalue weighted by atomic mass is 10.0. The summed E-state index contributed by atoms with van der Waals surface area (Å²) in [7, 11) is 0. The Morgan fingerprint density at radius 3 is 2.70 bits per heavy atom. The Morgan fingerprint density at radius 1 is 1.20 bits per heavy atom. The van der Waals surface area contributed by atoms with E-state index in [1.807, 2.05) is 30.3 Å². The van der Waals surface area contributed by atoms with E-state index < -0.39 is 0 Å². The van der Waals surface area contributed by atoms with E-state index in [1.165, 1.54) is 12.8 Å². The molecule has 1 aliphatic heterocycles. The van der Waals surface area contributed by atoms with E-state index >= 15 is 0 Å². The van der Waals surface area contributed by atoms with E-state index in [0.29, 0.717) is 5.89 Å². The van der Waals surface area contributed by atoms with Crippen LogP contribution in [0.4, 0.5) is 5.95 Å². The minimum Gasteiger partial charge on any atom is -0.338 e. The van der Waals surface area contributed by atoms with E-state index in [-0.39, 0.29) is 6.04 Å². The standard InChI is InChI=1S/C15H20N4O/c16-13(12-6-2-1-3-7-12)8-9-14-17-15(18-20-14)19-10-4-5-11-19/h1-3,6-7,13H,4-5,8-11,16H2. The Kier molecular flexibility index (Phi) is 3.97. The molecular weight excluding hydrogens is 252 g/mol. The number of hydrogen-bond donors (Lipinski definition) is 1. The van der Waals surface area contributed by atoms with Gasteiger partial charge in [0.05, 0.1) is 0 Å². The van der Waals surface area contributed by atoms with Gasteiger partial charge in [-0.1, -0.05) is 30.3 Å². The van der Waals surface area contributed by atoms with Gasteiger partial charge in [-0.25, -0.2) is 0 Å². The van der Waals surface area contributed by atoms with Crippen LogP contribution < -0.4 is 10.6 Å². The molecule has 106 valence electrons. The van der Waals surface area contributed by atoms with Crippen molar-refractivity contribution in [1.29, 1.82) is 0 Å². The maximum Gasteiger partial charge on any atom is 0.266 e. The second kappa shape index (κ2) is 6.05. The quantitative estimate of drug-likeness (QED) is 0.904. The van der Waals surface area contributed by atoms with Crippen LogP contribution in [0.2, 0.25) is 0 Å². The molecule has 0 aliphatic carbocycles. The van der Waals surface area contributed by atoms with Gasteiger partial charge in [-0.05, 0) is 30.0 Å². The molecule has 1 atom stereocenters. The number of aryl methyl sites for hydroxylation is 1. The monoisotopic (exact) mass is 272 g/mol. The van der Waals surface area contributed by atoms with Crippen molar-refractivity contribution in [3.8, 4) is 0 Å². The van der Waals surface area contributed by atoms with Crippen molar-refractivity contribution >= 4 is 5.95 Å². The largest absolute Gasteiger partial charge is 0.338 e. The van der Waals surface area contributed by atoms with Crippen LogP contribution in [-0.4, -0.2) is 23.2 Å². The molecule has 1 aliphatic rings. The number of anilines is 1. The summed E-state index contributed by atoms with van der Waals surface area (Å²) in [5, 5.41) is 4.05. The molecule has 0 amide bonds. The van der Waals surface area contributed by atoms with Crippen molar-refractivity contribution in [1.82, 2.24) is 10.1 Å². The zero-order valence-corrected chi connectivity index (χ0v) is 11.5. The maximum absolute atomic E-state index is 6.17. The number of nitrogens with zero attached hydrogens (tertiary/aromatic N) is 3. The lowest BCUT2D eigenvalue weighted by Crippen LogP contribution is -2.18. The van der Waals surface area contributed by atoms with Crippen molar-refractivity contribution in [3.63, 3.8) is 0 Å². The summed E-state index contributed by atoms with van der Waals surface area (Å²) in [5.74, 6) is 1.41. The van der Waals surface area contributed by atoms with E-state index in [0.717, 1.165) is 37.4 Å². The first-order valence-corrected chi connectivity index (χ1v) is 7.21. The molecule has 1 saturated heterocycles. The number of benzene rings is 1. The summed E-state index contributed by atoms with van der Waals surface area (Å²) in [6.07, 6.45) is 3.95. The molecule has 1 unspecified atom stereocenters. The number of hydrogen-bond acceptors (Lipinski definition) is 5. The number of rotatable bonds is 5. The van der Waals surface area contributed by atoms with Gasteiger partial charge in [0.15, 0.2) is 0 Å². The van der Waals surface area contributed by atoms with Crippen LogP contribution in [0, 0.1) is 0 Å². The highest BCUT2D eigenvalue weighted by atomic mass is 16.5. The molecule has 0 radical (unpaired) electrons. The molecule has 5 nitrogen and oxygen atoms in total. The van der Waals surface area contributed by atoms with Gasteiger partial charge >= 0.3 is 0 Å². The van der Waals surface area contributed by atoms with Crippen molar-refractivity contribution in [2.75, 3.05) is 18.0 Å². The molecule has 1 aromatic heterocycles. The second-order valence-corrected chi connectivity index (χ2v) is 5.24. The molecule has 0 saturated carbocycles. The molecule has 3 rings (SSSR count). The average Bonchev–Trinajstić information content (AvgIpc) is 3.16.